The maximum Gasteiger partial charge on any atom is 0.303 e. The lowest BCUT2D eigenvalue weighted by Crippen LogP contribution is -2.24. The minimum Gasteiger partial charge on any atom is -0.481 e. The van der Waals surface area contributed by atoms with Gasteiger partial charge in [-0.2, -0.15) is 0 Å². The number of carboxylic acid groups (broad SMARTS) is 1. The number of fused-ring (bicyclic) bond motifs is 1. The van der Waals surface area contributed by atoms with Crippen LogP contribution in [0.1, 0.15) is 12.0 Å². The van der Waals surface area contributed by atoms with Crippen LogP contribution >= 0.6 is 0 Å². The maximum absolute atomic E-state index is 10.6. The van der Waals surface area contributed by atoms with Crippen molar-refractivity contribution < 1.29 is 9.90 Å². The number of hydrogen-bond acceptors (Lipinski definition) is 2. The summed E-state index contributed by atoms with van der Waals surface area (Å²) in [5.74, 6) is 1.11. The lowest BCUT2D eigenvalue weighted by atomic mass is 10.1. The third-order valence-corrected chi connectivity index (χ3v) is 4.11. The van der Waals surface area contributed by atoms with E-state index in [2.05, 4.69) is 29.2 Å². The number of carboxylic acids is 1. The van der Waals surface area contributed by atoms with Crippen LogP contribution in [0.4, 0.5) is 0 Å². The number of carbonyl (C=O) groups is 1. The van der Waals surface area contributed by atoms with Gasteiger partial charge in [-0.1, -0.05) is 30.3 Å². The van der Waals surface area contributed by atoms with E-state index in [-0.39, 0.29) is 0 Å². The second-order valence-electron chi connectivity index (χ2n) is 5.27. The first-order chi connectivity index (χ1) is 8.24. The number of nitrogens with zero attached hydrogens (tertiary/aromatic N) is 1. The molecule has 0 bridgehead atoms. The van der Waals surface area contributed by atoms with Crippen LogP contribution in [-0.4, -0.2) is 29.1 Å². The molecular weight excluding hydrogens is 214 g/mol. The van der Waals surface area contributed by atoms with E-state index >= 15 is 0 Å². The number of hydrogen-bond donors (Lipinski definition) is 1. The van der Waals surface area contributed by atoms with Gasteiger partial charge in [-0.05, 0) is 23.3 Å². The Morgan fingerprint density at radius 2 is 1.88 bits per heavy atom. The Labute approximate surface area is 101 Å². The topological polar surface area (TPSA) is 40.5 Å². The Morgan fingerprint density at radius 3 is 2.47 bits per heavy atom. The fraction of sp³-hybridized carbons (Fsp3) is 0.500. The molecule has 3 heteroatoms. The Kier molecular flexibility index (Phi) is 2.63. The zero-order chi connectivity index (χ0) is 11.8. The molecule has 1 aromatic rings. The van der Waals surface area contributed by atoms with E-state index in [0.29, 0.717) is 24.2 Å². The fourth-order valence-electron chi connectivity index (χ4n) is 3.21. The van der Waals surface area contributed by atoms with Gasteiger partial charge in [0.1, 0.15) is 0 Å². The Hall–Kier alpha value is -1.35. The van der Waals surface area contributed by atoms with Gasteiger partial charge in [0.2, 0.25) is 0 Å². The lowest BCUT2D eigenvalue weighted by molar-refractivity contribution is -0.137. The number of benzene rings is 1. The normalized spacial score (nSPS) is 31.2. The molecule has 2 fully saturated rings. The summed E-state index contributed by atoms with van der Waals surface area (Å²) in [6.45, 7) is 3.17. The minimum atomic E-state index is -0.640. The Balaban J connectivity index is 1.51. The van der Waals surface area contributed by atoms with E-state index in [1.54, 1.807) is 0 Å². The number of likely N-dealkylation sites (tertiary alicyclic amines) is 1. The van der Waals surface area contributed by atoms with Crippen molar-refractivity contribution in [1.29, 1.82) is 0 Å². The summed E-state index contributed by atoms with van der Waals surface area (Å²) in [4.78, 5) is 13.1. The highest BCUT2D eigenvalue weighted by molar-refractivity contribution is 5.67. The highest BCUT2D eigenvalue weighted by Gasteiger charge is 2.55. The molecule has 0 amide bonds. The molecule has 90 valence electrons. The summed E-state index contributed by atoms with van der Waals surface area (Å²) < 4.78 is 0. The number of rotatable bonds is 4. The molecule has 0 aromatic heterocycles. The molecule has 1 saturated carbocycles. The van der Waals surface area contributed by atoms with Gasteiger partial charge in [-0.25, -0.2) is 0 Å². The highest BCUT2D eigenvalue weighted by Crippen LogP contribution is 2.53. The van der Waals surface area contributed by atoms with E-state index in [9.17, 15) is 4.79 Å². The van der Waals surface area contributed by atoms with Gasteiger partial charge >= 0.3 is 5.97 Å². The molecule has 1 aliphatic carbocycles. The van der Waals surface area contributed by atoms with Crippen LogP contribution in [0.3, 0.4) is 0 Å². The van der Waals surface area contributed by atoms with Crippen molar-refractivity contribution in [1.82, 2.24) is 4.90 Å². The van der Waals surface area contributed by atoms with E-state index in [4.69, 9.17) is 5.11 Å². The monoisotopic (exact) mass is 231 g/mol. The van der Waals surface area contributed by atoms with Crippen LogP contribution < -0.4 is 0 Å². The second-order valence-corrected chi connectivity index (χ2v) is 5.27. The summed E-state index contributed by atoms with van der Waals surface area (Å²) in [5.41, 5.74) is 1.35. The lowest BCUT2D eigenvalue weighted by Gasteiger charge is -2.18. The molecule has 0 spiro atoms. The van der Waals surface area contributed by atoms with Crippen LogP contribution in [0, 0.1) is 17.8 Å². The van der Waals surface area contributed by atoms with Crippen LogP contribution in [0.5, 0.6) is 0 Å². The predicted molar refractivity (Wildman–Crippen MR) is 64.4 cm³/mol. The van der Waals surface area contributed by atoms with Crippen molar-refractivity contribution in [2.24, 2.45) is 17.8 Å². The van der Waals surface area contributed by atoms with E-state index in [1.807, 2.05) is 6.07 Å². The first-order valence-electron chi connectivity index (χ1n) is 6.22. The predicted octanol–water partition coefficient (Wildman–Crippen LogP) is 1.84. The van der Waals surface area contributed by atoms with Crippen molar-refractivity contribution in [3.8, 4) is 0 Å². The third kappa shape index (κ3) is 2.20. The number of piperidine rings is 1. The highest BCUT2D eigenvalue weighted by atomic mass is 16.4. The van der Waals surface area contributed by atoms with E-state index in [0.717, 1.165) is 19.6 Å². The second kappa shape index (κ2) is 4.15. The third-order valence-electron chi connectivity index (χ3n) is 4.11. The van der Waals surface area contributed by atoms with Crippen LogP contribution in [0.2, 0.25) is 0 Å². The quantitative estimate of drug-likeness (QED) is 0.859. The van der Waals surface area contributed by atoms with Crippen LogP contribution in [-0.2, 0) is 11.3 Å². The van der Waals surface area contributed by atoms with Crippen LogP contribution in [0.25, 0.3) is 0 Å². The first-order valence-corrected chi connectivity index (χ1v) is 6.22. The molecule has 1 saturated heterocycles. The molecule has 1 heterocycles. The summed E-state index contributed by atoms with van der Waals surface area (Å²) in [6, 6.07) is 10.5. The molecule has 3 rings (SSSR count). The van der Waals surface area contributed by atoms with Gasteiger partial charge < -0.3 is 5.11 Å². The standard InChI is InChI=1S/C14H17NO2/c16-14(17)6-11-12-8-15(9-13(11)12)7-10-4-2-1-3-5-10/h1-5,11-13H,6-9H2,(H,16,17)/t12-,13-/m0/s1. The average Bonchev–Trinajstić information content (AvgIpc) is 2.74. The molecule has 1 aromatic carbocycles. The molecule has 2 aliphatic rings. The largest absolute Gasteiger partial charge is 0.481 e. The SMILES string of the molecule is O=C(O)CC1[C@@H]2CN(Cc3ccccc3)C[C@@H]12. The van der Waals surface area contributed by atoms with Gasteiger partial charge in [-0.3, -0.25) is 9.69 Å². The Bertz CT molecular complexity index is 405. The van der Waals surface area contributed by atoms with Crippen molar-refractivity contribution >= 4 is 5.97 Å². The molecule has 1 N–H and O–H groups in total. The van der Waals surface area contributed by atoms with E-state index < -0.39 is 5.97 Å². The van der Waals surface area contributed by atoms with Crippen molar-refractivity contribution in [3.63, 3.8) is 0 Å². The molecule has 2 atom stereocenters. The maximum atomic E-state index is 10.6. The molecular formula is C14H17NO2. The van der Waals surface area contributed by atoms with Gasteiger partial charge in [0.05, 0.1) is 0 Å². The van der Waals surface area contributed by atoms with Gasteiger partial charge in [0.25, 0.3) is 0 Å². The van der Waals surface area contributed by atoms with Gasteiger partial charge in [-0.15, -0.1) is 0 Å². The molecule has 0 radical (unpaired) electrons. The van der Waals surface area contributed by atoms with E-state index in [1.165, 1.54) is 5.56 Å². The Morgan fingerprint density at radius 1 is 1.24 bits per heavy atom. The zero-order valence-corrected chi connectivity index (χ0v) is 9.75. The summed E-state index contributed by atoms with van der Waals surface area (Å²) in [5, 5.41) is 8.77. The molecule has 0 unspecified atom stereocenters. The zero-order valence-electron chi connectivity index (χ0n) is 9.75. The summed E-state index contributed by atoms with van der Waals surface area (Å²) in [7, 11) is 0. The van der Waals surface area contributed by atoms with Crippen molar-refractivity contribution in [3.05, 3.63) is 35.9 Å². The van der Waals surface area contributed by atoms with Crippen LogP contribution in [0.15, 0.2) is 30.3 Å². The summed E-state index contributed by atoms with van der Waals surface area (Å²) in [6.07, 6.45) is 0.370. The van der Waals surface area contributed by atoms with Gasteiger partial charge in [0, 0.05) is 26.1 Å². The molecule has 1 aliphatic heterocycles. The summed E-state index contributed by atoms with van der Waals surface area (Å²) >= 11 is 0. The first kappa shape index (κ1) is 10.8. The van der Waals surface area contributed by atoms with Crippen molar-refractivity contribution in [2.45, 2.75) is 13.0 Å². The van der Waals surface area contributed by atoms with Gasteiger partial charge in [0.15, 0.2) is 0 Å². The average molecular weight is 231 g/mol. The molecule has 17 heavy (non-hydrogen) atoms. The molecule has 3 nitrogen and oxygen atoms in total. The number of aliphatic carboxylic acids is 1. The van der Waals surface area contributed by atoms with Crippen molar-refractivity contribution in [2.75, 3.05) is 13.1 Å². The minimum absolute atomic E-state index is 0.370. The fourth-order valence-corrected chi connectivity index (χ4v) is 3.21. The smallest absolute Gasteiger partial charge is 0.303 e.